The summed E-state index contributed by atoms with van der Waals surface area (Å²) in [6.45, 7) is -1.90. The Balaban J connectivity index is 3.20. The molecule has 0 spiro atoms. The number of halogens is 6. The zero-order valence-corrected chi connectivity index (χ0v) is 7.97. The average molecular weight is 258 g/mol. The number of nitriles is 1. The SMILES string of the molecule is N#CCc1nnn(CC(F)(F)F)c1C(F)(F)F. The molecule has 0 saturated heterocycles. The van der Waals surface area contributed by atoms with Gasteiger partial charge in [0.1, 0.15) is 12.2 Å². The molecule has 0 aliphatic heterocycles. The Kier molecular flexibility index (Phi) is 3.30. The van der Waals surface area contributed by atoms with E-state index in [1.54, 1.807) is 0 Å². The molecule has 1 aromatic heterocycles. The minimum absolute atomic E-state index is 0.299. The normalized spacial score (nSPS) is 12.5. The van der Waals surface area contributed by atoms with Gasteiger partial charge < -0.3 is 0 Å². The van der Waals surface area contributed by atoms with Gasteiger partial charge in [0.2, 0.25) is 0 Å². The molecule has 4 nitrogen and oxygen atoms in total. The van der Waals surface area contributed by atoms with Crippen LogP contribution in [0.25, 0.3) is 0 Å². The third-order valence-corrected chi connectivity index (χ3v) is 1.65. The van der Waals surface area contributed by atoms with Crippen LogP contribution in [-0.2, 0) is 19.1 Å². The van der Waals surface area contributed by atoms with Crippen molar-refractivity contribution in [2.24, 2.45) is 0 Å². The zero-order valence-electron chi connectivity index (χ0n) is 7.97. The number of nitrogens with zero attached hydrogens (tertiary/aromatic N) is 4. The molecule has 0 saturated carbocycles. The smallest absolute Gasteiger partial charge is 0.231 e. The zero-order chi connectivity index (χ0) is 13.3. The predicted octanol–water partition coefficient (Wildman–Crippen LogP) is 1.93. The van der Waals surface area contributed by atoms with Gasteiger partial charge in [0, 0.05) is 0 Å². The Labute approximate surface area is 90.4 Å². The summed E-state index contributed by atoms with van der Waals surface area (Å²) in [6.07, 6.45) is -10.6. The van der Waals surface area contributed by atoms with E-state index < -0.39 is 36.7 Å². The first-order chi connectivity index (χ1) is 7.65. The molecular formula is C7H4F6N4. The monoisotopic (exact) mass is 258 g/mol. The summed E-state index contributed by atoms with van der Waals surface area (Å²) < 4.78 is 73.0. The maximum Gasteiger partial charge on any atom is 0.434 e. The van der Waals surface area contributed by atoms with Crippen LogP contribution >= 0.6 is 0 Å². The lowest BCUT2D eigenvalue weighted by atomic mass is 10.2. The highest BCUT2D eigenvalue weighted by atomic mass is 19.4. The van der Waals surface area contributed by atoms with E-state index in [-0.39, 0.29) is 4.68 Å². The Morgan fingerprint density at radius 3 is 2.18 bits per heavy atom. The fourth-order valence-electron chi connectivity index (χ4n) is 1.13. The quantitative estimate of drug-likeness (QED) is 0.761. The summed E-state index contributed by atoms with van der Waals surface area (Å²) in [4.78, 5) is 0. The van der Waals surface area contributed by atoms with E-state index >= 15 is 0 Å². The van der Waals surface area contributed by atoms with Crippen LogP contribution in [0.3, 0.4) is 0 Å². The Bertz CT molecular complexity index is 437. The summed E-state index contributed by atoms with van der Waals surface area (Å²) in [6, 6.07) is 1.38. The van der Waals surface area contributed by atoms with Crippen molar-refractivity contribution in [2.75, 3.05) is 0 Å². The lowest BCUT2D eigenvalue weighted by Crippen LogP contribution is -2.24. The molecular weight excluding hydrogens is 254 g/mol. The molecule has 0 aliphatic carbocycles. The maximum absolute atomic E-state index is 12.5. The second kappa shape index (κ2) is 4.23. The highest BCUT2D eigenvalue weighted by molar-refractivity contribution is 5.17. The van der Waals surface area contributed by atoms with Crippen LogP contribution in [0.4, 0.5) is 26.3 Å². The van der Waals surface area contributed by atoms with Crippen LogP contribution in [0.1, 0.15) is 11.4 Å². The lowest BCUT2D eigenvalue weighted by molar-refractivity contribution is -0.161. The highest BCUT2D eigenvalue weighted by Gasteiger charge is 2.42. The van der Waals surface area contributed by atoms with Gasteiger partial charge in [-0.25, -0.2) is 4.68 Å². The second-order valence-corrected chi connectivity index (χ2v) is 2.99. The van der Waals surface area contributed by atoms with E-state index in [2.05, 4.69) is 10.3 Å². The van der Waals surface area contributed by atoms with Crippen molar-refractivity contribution in [3.05, 3.63) is 11.4 Å². The van der Waals surface area contributed by atoms with E-state index in [0.717, 1.165) is 0 Å². The first-order valence-corrected chi connectivity index (χ1v) is 4.08. The number of hydrogen-bond acceptors (Lipinski definition) is 3. The van der Waals surface area contributed by atoms with Gasteiger partial charge in [-0.2, -0.15) is 31.6 Å². The van der Waals surface area contributed by atoms with Gasteiger partial charge >= 0.3 is 12.4 Å². The minimum atomic E-state index is -5.04. The van der Waals surface area contributed by atoms with E-state index in [0.29, 0.717) is 0 Å². The number of rotatable bonds is 2. The van der Waals surface area contributed by atoms with Gasteiger partial charge in [0.25, 0.3) is 0 Å². The third-order valence-electron chi connectivity index (χ3n) is 1.65. The van der Waals surface area contributed by atoms with Gasteiger partial charge in [-0.3, -0.25) is 0 Å². The van der Waals surface area contributed by atoms with E-state index in [1.807, 2.05) is 0 Å². The molecule has 1 rings (SSSR count). The van der Waals surface area contributed by atoms with Gasteiger partial charge in [0.15, 0.2) is 5.69 Å². The summed E-state index contributed by atoms with van der Waals surface area (Å²) in [7, 11) is 0. The molecule has 1 heterocycles. The minimum Gasteiger partial charge on any atom is -0.231 e. The van der Waals surface area contributed by atoms with Crippen LogP contribution in [0.5, 0.6) is 0 Å². The van der Waals surface area contributed by atoms with E-state index in [4.69, 9.17) is 5.26 Å². The van der Waals surface area contributed by atoms with Crippen molar-refractivity contribution >= 4 is 0 Å². The summed E-state index contributed by atoms with van der Waals surface area (Å²) in [5.74, 6) is 0. The van der Waals surface area contributed by atoms with E-state index in [1.165, 1.54) is 6.07 Å². The van der Waals surface area contributed by atoms with E-state index in [9.17, 15) is 26.3 Å². The topological polar surface area (TPSA) is 54.5 Å². The molecule has 94 valence electrons. The second-order valence-electron chi connectivity index (χ2n) is 2.99. The van der Waals surface area contributed by atoms with Gasteiger partial charge in [-0.1, -0.05) is 5.21 Å². The van der Waals surface area contributed by atoms with Gasteiger partial charge in [-0.15, -0.1) is 5.10 Å². The summed E-state index contributed by atoms with van der Waals surface area (Å²) in [5, 5.41) is 13.9. The van der Waals surface area contributed by atoms with Crippen LogP contribution in [-0.4, -0.2) is 21.2 Å². The maximum atomic E-state index is 12.5. The highest BCUT2D eigenvalue weighted by Crippen LogP contribution is 2.32. The molecule has 1 aromatic rings. The largest absolute Gasteiger partial charge is 0.434 e. The van der Waals surface area contributed by atoms with Gasteiger partial charge in [0.05, 0.1) is 12.5 Å². The predicted molar refractivity (Wildman–Crippen MR) is 40.4 cm³/mol. The fraction of sp³-hybridized carbons (Fsp3) is 0.571. The van der Waals surface area contributed by atoms with Crippen LogP contribution in [0.2, 0.25) is 0 Å². The number of hydrogen-bond donors (Lipinski definition) is 0. The molecule has 0 atom stereocenters. The van der Waals surface area contributed by atoms with Crippen LogP contribution in [0, 0.1) is 11.3 Å². The molecule has 10 heteroatoms. The fourth-order valence-corrected chi connectivity index (χ4v) is 1.13. The number of aromatic nitrogens is 3. The molecule has 0 bridgehead atoms. The van der Waals surface area contributed by atoms with Crippen molar-refractivity contribution in [2.45, 2.75) is 25.3 Å². The molecule has 0 N–H and O–H groups in total. The summed E-state index contributed by atoms with van der Waals surface area (Å²) in [5.41, 5.74) is -2.46. The Hall–Kier alpha value is -1.79. The first-order valence-electron chi connectivity index (χ1n) is 4.08. The molecule has 17 heavy (non-hydrogen) atoms. The van der Waals surface area contributed by atoms with Crippen molar-refractivity contribution in [3.63, 3.8) is 0 Å². The molecule has 0 aromatic carbocycles. The molecule has 0 amide bonds. The van der Waals surface area contributed by atoms with Crippen LogP contribution in [0.15, 0.2) is 0 Å². The van der Waals surface area contributed by atoms with Gasteiger partial charge in [-0.05, 0) is 0 Å². The molecule has 0 radical (unpaired) electrons. The van der Waals surface area contributed by atoms with Crippen molar-refractivity contribution in [3.8, 4) is 6.07 Å². The molecule has 0 aliphatic rings. The molecule has 0 unspecified atom stereocenters. The Morgan fingerprint density at radius 1 is 1.18 bits per heavy atom. The Morgan fingerprint density at radius 2 is 1.76 bits per heavy atom. The van der Waals surface area contributed by atoms with Crippen molar-refractivity contribution < 1.29 is 26.3 Å². The summed E-state index contributed by atoms with van der Waals surface area (Å²) >= 11 is 0. The lowest BCUT2D eigenvalue weighted by Gasteiger charge is -2.11. The van der Waals surface area contributed by atoms with Crippen LogP contribution < -0.4 is 0 Å². The first kappa shape index (κ1) is 13.3. The third kappa shape index (κ3) is 3.33. The number of alkyl halides is 6. The van der Waals surface area contributed by atoms with Crippen molar-refractivity contribution in [1.82, 2.24) is 15.0 Å². The van der Waals surface area contributed by atoms with Crippen molar-refractivity contribution in [1.29, 1.82) is 5.26 Å². The standard InChI is InChI=1S/C7H4F6N4/c8-6(9,10)3-17-5(7(11,12)13)4(1-2-14)15-16-17/h1,3H2. The average Bonchev–Trinajstić information content (AvgIpc) is 2.44. The molecule has 0 fully saturated rings.